The van der Waals surface area contributed by atoms with Gasteiger partial charge in [0.05, 0.1) is 12.1 Å². The average Bonchev–Trinajstić information content (AvgIpc) is 2.36. The van der Waals surface area contributed by atoms with E-state index in [-0.39, 0.29) is 0 Å². The van der Waals surface area contributed by atoms with Gasteiger partial charge in [0.1, 0.15) is 10.4 Å². The lowest BCUT2D eigenvalue weighted by Gasteiger charge is -2.04. The minimum absolute atomic E-state index is 0.635. The topological polar surface area (TPSA) is 37.9 Å². The Morgan fingerprint density at radius 2 is 2.11 bits per heavy atom. The van der Waals surface area contributed by atoms with Gasteiger partial charge in [-0.1, -0.05) is 36.1 Å². The minimum Gasteiger partial charge on any atom is -0.497 e. The Morgan fingerprint density at radius 1 is 1.39 bits per heavy atom. The number of methoxy groups -OCH3 is 1. The van der Waals surface area contributed by atoms with E-state index in [1.165, 1.54) is 5.56 Å². The van der Waals surface area contributed by atoms with Crippen molar-refractivity contribution in [3.8, 4) is 5.75 Å². The summed E-state index contributed by atoms with van der Waals surface area (Å²) in [5, 5.41) is 1.42. The maximum Gasteiger partial charge on any atom is 0.167 e. The molecule has 0 fully saturated rings. The summed E-state index contributed by atoms with van der Waals surface area (Å²) in [5.74, 6) is 1.68. The van der Waals surface area contributed by atoms with E-state index in [2.05, 4.69) is 22.6 Å². The summed E-state index contributed by atoms with van der Waals surface area (Å²) in [6.07, 6.45) is 0. The van der Waals surface area contributed by atoms with E-state index in [1.54, 1.807) is 24.9 Å². The third kappa shape index (κ3) is 3.76. The second-order valence-electron chi connectivity index (χ2n) is 3.55. The van der Waals surface area contributed by atoms with Gasteiger partial charge in [-0.15, -0.1) is 12.6 Å². The van der Waals surface area contributed by atoms with Gasteiger partial charge in [0.25, 0.3) is 0 Å². The van der Waals surface area contributed by atoms with Crippen LogP contribution in [0.2, 0.25) is 0 Å². The van der Waals surface area contributed by atoms with E-state index >= 15 is 0 Å². The molecule has 2 rings (SSSR count). The molecule has 18 heavy (non-hydrogen) atoms. The second kappa shape index (κ2) is 6.26. The molecular formula is C12H12N2OS3. The van der Waals surface area contributed by atoms with E-state index in [9.17, 15) is 0 Å². The molecule has 0 unspecified atom stereocenters. The summed E-state index contributed by atoms with van der Waals surface area (Å²) >= 11 is 10.9. The van der Waals surface area contributed by atoms with Gasteiger partial charge in [0.2, 0.25) is 0 Å². The fraction of sp³-hybridized carbons (Fsp3) is 0.167. The third-order valence-corrected chi connectivity index (χ3v) is 3.63. The molecular weight excluding hydrogens is 284 g/mol. The van der Waals surface area contributed by atoms with Gasteiger partial charge in [-0.3, -0.25) is 0 Å². The molecule has 0 aliphatic carbocycles. The number of benzene rings is 1. The highest BCUT2D eigenvalue weighted by Crippen LogP contribution is 2.21. The van der Waals surface area contributed by atoms with Crippen LogP contribution < -0.4 is 4.74 Å². The van der Waals surface area contributed by atoms with Crippen molar-refractivity contribution in [1.29, 1.82) is 0 Å². The van der Waals surface area contributed by atoms with Crippen LogP contribution in [0.3, 0.4) is 0 Å². The van der Waals surface area contributed by atoms with Gasteiger partial charge in [-0.2, -0.15) is 0 Å². The zero-order valence-electron chi connectivity index (χ0n) is 9.71. The van der Waals surface area contributed by atoms with Gasteiger partial charge < -0.3 is 9.72 Å². The molecule has 2 aromatic rings. The highest BCUT2D eigenvalue weighted by molar-refractivity contribution is 7.98. The van der Waals surface area contributed by atoms with Gasteiger partial charge in [0, 0.05) is 11.8 Å². The summed E-state index contributed by atoms with van der Waals surface area (Å²) in [6.45, 7) is 0. The number of rotatable bonds is 4. The number of thioether (sulfide) groups is 1. The zero-order chi connectivity index (χ0) is 13.0. The monoisotopic (exact) mass is 296 g/mol. The first-order valence-electron chi connectivity index (χ1n) is 5.23. The number of aromatic amines is 1. The number of nitrogens with zero attached hydrogens (tertiary/aromatic N) is 1. The number of aromatic nitrogens is 2. The van der Waals surface area contributed by atoms with Crippen LogP contribution in [0.4, 0.5) is 0 Å². The van der Waals surface area contributed by atoms with Crippen LogP contribution in [0.25, 0.3) is 0 Å². The predicted molar refractivity (Wildman–Crippen MR) is 79.2 cm³/mol. The van der Waals surface area contributed by atoms with Gasteiger partial charge in [-0.25, -0.2) is 4.98 Å². The van der Waals surface area contributed by atoms with E-state index in [0.717, 1.165) is 16.7 Å². The highest BCUT2D eigenvalue weighted by Gasteiger charge is 2.00. The Morgan fingerprint density at radius 3 is 2.72 bits per heavy atom. The lowest BCUT2D eigenvalue weighted by Crippen LogP contribution is -1.89. The molecule has 0 spiro atoms. The van der Waals surface area contributed by atoms with Crippen LogP contribution in [-0.4, -0.2) is 17.1 Å². The molecule has 1 N–H and O–H groups in total. The van der Waals surface area contributed by atoms with E-state index in [4.69, 9.17) is 17.0 Å². The van der Waals surface area contributed by atoms with Crippen LogP contribution >= 0.6 is 36.6 Å². The summed E-state index contributed by atoms with van der Waals surface area (Å²) in [6, 6.07) is 9.67. The van der Waals surface area contributed by atoms with Crippen molar-refractivity contribution in [2.75, 3.05) is 7.11 Å². The first-order chi connectivity index (χ1) is 8.67. The van der Waals surface area contributed by atoms with Crippen LogP contribution in [0.15, 0.2) is 40.5 Å². The molecule has 0 radical (unpaired) electrons. The molecule has 0 saturated carbocycles. The van der Waals surface area contributed by atoms with Crippen molar-refractivity contribution in [3.05, 3.63) is 40.5 Å². The molecule has 3 nitrogen and oxygen atoms in total. The van der Waals surface area contributed by atoms with Crippen molar-refractivity contribution >= 4 is 36.6 Å². The van der Waals surface area contributed by atoms with E-state index in [1.807, 2.05) is 24.3 Å². The Hall–Kier alpha value is -0.980. The first kappa shape index (κ1) is 13.5. The molecule has 6 heteroatoms. The van der Waals surface area contributed by atoms with Crippen LogP contribution in [-0.2, 0) is 5.75 Å². The fourth-order valence-corrected chi connectivity index (χ4v) is 2.86. The van der Waals surface area contributed by atoms with Gasteiger partial charge >= 0.3 is 0 Å². The average molecular weight is 296 g/mol. The molecule has 0 bridgehead atoms. The fourth-order valence-electron chi connectivity index (χ4n) is 1.36. The quantitative estimate of drug-likeness (QED) is 0.296. The molecule has 0 amide bonds. The van der Waals surface area contributed by atoms with Crippen LogP contribution in [0, 0.1) is 4.64 Å². The largest absolute Gasteiger partial charge is 0.497 e. The number of hydrogen-bond acceptors (Lipinski definition) is 5. The molecule has 0 atom stereocenters. The standard InChI is InChI=1S/C12H12N2OS3/c1-15-9-4-2-8(3-5-9)7-18-12-13-10(16)6-11(17)14-12/h2-6H,7H2,1H3,(H2,13,14,16,17). The van der Waals surface area contributed by atoms with E-state index in [0.29, 0.717) is 9.67 Å². The molecule has 0 saturated heterocycles. The lowest BCUT2D eigenvalue weighted by atomic mass is 10.2. The summed E-state index contributed by atoms with van der Waals surface area (Å²) in [7, 11) is 1.66. The SMILES string of the molecule is COc1ccc(CSc2nc(S)cc(=S)[nH]2)cc1. The lowest BCUT2D eigenvalue weighted by molar-refractivity contribution is 0.414. The Balaban J connectivity index is 2.04. The maximum atomic E-state index is 5.11. The smallest absolute Gasteiger partial charge is 0.167 e. The van der Waals surface area contributed by atoms with Crippen LogP contribution in [0.5, 0.6) is 5.75 Å². The molecule has 1 aromatic carbocycles. The number of H-pyrrole nitrogens is 1. The minimum atomic E-state index is 0.635. The highest BCUT2D eigenvalue weighted by atomic mass is 32.2. The number of nitrogens with one attached hydrogen (secondary N) is 1. The summed E-state index contributed by atoms with van der Waals surface area (Å²) in [5.41, 5.74) is 1.20. The van der Waals surface area contributed by atoms with Gasteiger partial charge in [0.15, 0.2) is 5.16 Å². The van der Waals surface area contributed by atoms with Gasteiger partial charge in [-0.05, 0) is 17.7 Å². The molecule has 0 aliphatic rings. The normalized spacial score (nSPS) is 10.3. The number of ether oxygens (including phenoxy) is 1. The summed E-state index contributed by atoms with van der Waals surface area (Å²) < 4.78 is 5.76. The zero-order valence-corrected chi connectivity index (χ0v) is 12.2. The predicted octanol–water partition coefficient (Wildman–Crippen LogP) is 3.73. The Bertz CT molecular complexity index is 581. The first-order valence-corrected chi connectivity index (χ1v) is 7.07. The van der Waals surface area contributed by atoms with Crippen molar-refractivity contribution in [3.63, 3.8) is 0 Å². The second-order valence-corrected chi connectivity index (χ2v) is 5.41. The number of thiol groups is 1. The third-order valence-electron chi connectivity index (χ3n) is 2.24. The Labute approximate surface area is 120 Å². The maximum absolute atomic E-state index is 5.11. The molecule has 1 aromatic heterocycles. The molecule has 94 valence electrons. The molecule has 1 heterocycles. The summed E-state index contributed by atoms with van der Waals surface area (Å²) in [4.78, 5) is 7.30. The van der Waals surface area contributed by atoms with Crippen molar-refractivity contribution in [2.45, 2.75) is 15.9 Å². The van der Waals surface area contributed by atoms with Crippen molar-refractivity contribution in [2.24, 2.45) is 0 Å². The molecule has 0 aliphatic heterocycles. The van der Waals surface area contributed by atoms with Crippen LogP contribution in [0.1, 0.15) is 5.56 Å². The van der Waals surface area contributed by atoms with Crippen molar-refractivity contribution < 1.29 is 4.74 Å². The number of hydrogen-bond donors (Lipinski definition) is 2. The Kier molecular flexibility index (Phi) is 4.68. The van der Waals surface area contributed by atoms with Crippen molar-refractivity contribution in [1.82, 2.24) is 9.97 Å². The van der Waals surface area contributed by atoms with E-state index < -0.39 is 0 Å².